The van der Waals surface area contributed by atoms with Gasteiger partial charge in [0.25, 0.3) is 0 Å². The van der Waals surface area contributed by atoms with Crippen LogP contribution in [0.15, 0.2) is 0 Å². The van der Waals surface area contributed by atoms with Gasteiger partial charge in [0, 0.05) is 0 Å². The van der Waals surface area contributed by atoms with Crippen molar-refractivity contribution in [3.63, 3.8) is 0 Å². The van der Waals surface area contributed by atoms with Gasteiger partial charge < -0.3 is 4.74 Å². The van der Waals surface area contributed by atoms with Gasteiger partial charge in [0.1, 0.15) is 11.8 Å². The Hall–Kier alpha value is -1.73. The van der Waals surface area contributed by atoms with Crippen LogP contribution < -0.4 is 0 Å². The second-order valence-corrected chi connectivity index (χ2v) is 6.41. The first-order chi connectivity index (χ1) is 9.36. The molecule has 4 atom stereocenters. The summed E-state index contributed by atoms with van der Waals surface area (Å²) in [5.41, 5.74) is -2.84. The smallest absolute Gasteiger partial charge is 0.463 e. The quantitative estimate of drug-likeness (QED) is 0.333. The molecular weight excluding hydrogens is 268 g/mol. The monoisotopic (exact) mass is 284 g/mol. The largest absolute Gasteiger partial charge is 0.469 e. The molecule has 110 valence electrons. The molecule has 4 aliphatic carbocycles. The Morgan fingerprint density at radius 3 is 2.00 bits per heavy atom. The van der Waals surface area contributed by atoms with Crippen LogP contribution in [0.5, 0.6) is 0 Å². The van der Waals surface area contributed by atoms with E-state index in [-0.39, 0.29) is 24.7 Å². The molecule has 20 heavy (non-hydrogen) atoms. The Morgan fingerprint density at radius 2 is 1.60 bits per heavy atom. The number of esters is 1. The highest BCUT2D eigenvalue weighted by Crippen LogP contribution is 2.64. The Labute approximate surface area is 114 Å². The average Bonchev–Trinajstić information content (AvgIpc) is 2.36. The van der Waals surface area contributed by atoms with Crippen molar-refractivity contribution in [2.24, 2.45) is 23.2 Å². The van der Waals surface area contributed by atoms with Crippen molar-refractivity contribution >= 4 is 5.97 Å². The van der Waals surface area contributed by atoms with Crippen LogP contribution in [0.2, 0.25) is 0 Å². The maximum atomic E-state index is 12.1. The van der Waals surface area contributed by atoms with Crippen LogP contribution in [0.4, 0.5) is 0 Å². The Bertz CT molecular complexity index is 472. The molecule has 4 fully saturated rings. The summed E-state index contributed by atoms with van der Waals surface area (Å²) in [4.78, 5) is 33.5. The van der Waals surface area contributed by atoms with Gasteiger partial charge in [-0.1, -0.05) is 0 Å². The number of nitro groups is 2. The number of methoxy groups -OCH3 is 1. The molecule has 8 nitrogen and oxygen atoms in total. The van der Waals surface area contributed by atoms with Crippen LogP contribution in [-0.2, 0) is 9.53 Å². The first-order valence-corrected chi connectivity index (χ1v) is 6.74. The lowest BCUT2D eigenvalue weighted by molar-refractivity contribution is -0.824. The van der Waals surface area contributed by atoms with E-state index in [1.807, 2.05) is 0 Å². The zero-order valence-electron chi connectivity index (χ0n) is 11.1. The molecule has 8 heteroatoms. The number of carbonyl (C=O) groups is 1. The molecule has 4 aliphatic rings. The fourth-order valence-corrected chi connectivity index (χ4v) is 5.09. The third-order valence-electron chi connectivity index (χ3n) is 5.59. The van der Waals surface area contributed by atoms with Crippen LogP contribution >= 0.6 is 0 Å². The number of rotatable bonds is 3. The van der Waals surface area contributed by atoms with E-state index in [0.717, 1.165) is 0 Å². The standard InChI is InChI=1S/C12H16N2O6/c1-20-10(15)11-4-7-2-8(5-11)12(13(16)17,14(18)19)9(3-7)6-11/h7-9H,2-6H2,1H3/t7?,8-,9+,11?. The molecule has 0 spiro atoms. The van der Waals surface area contributed by atoms with E-state index in [2.05, 4.69) is 0 Å². The van der Waals surface area contributed by atoms with Crippen LogP contribution in [0.25, 0.3) is 0 Å². The van der Waals surface area contributed by atoms with E-state index in [1.54, 1.807) is 0 Å². The summed E-state index contributed by atoms with van der Waals surface area (Å²) in [5, 5.41) is 22.9. The van der Waals surface area contributed by atoms with Gasteiger partial charge in [-0.25, -0.2) is 0 Å². The summed E-state index contributed by atoms with van der Waals surface area (Å²) >= 11 is 0. The third kappa shape index (κ3) is 1.34. The van der Waals surface area contributed by atoms with Crippen LogP contribution in [0, 0.1) is 43.4 Å². The lowest BCUT2D eigenvalue weighted by Crippen LogP contribution is -2.69. The second-order valence-electron chi connectivity index (χ2n) is 6.41. The predicted octanol–water partition coefficient (Wildman–Crippen LogP) is 1.24. The van der Waals surface area contributed by atoms with Crippen LogP contribution in [0.3, 0.4) is 0 Å². The number of carbonyl (C=O) groups excluding carboxylic acids is 1. The molecule has 0 aliphatic heterocycles. The van der Waals surface area contributed by atoms with Gasteiger partial charge >= 0.3 is 11.6 Å². The summed E-state index contributed by atoms with van der Waals surface area (Å²) in [5.74, 6) is -1.53. The zero-order chi connectivity index (χ0) is 14.7. The highest BCUT2D eigenvalue weighted by molar-refractivity contribution is 5.77. The van der Waals surface area contributed by atoms with Gasteiger partial charge in [0.15, 0.2) is 0 Å². The van der Waals surface area contributed by atoms with Gasteiger partial charge in [-0.2, -0.15) is 0 Å². The predicted molar refractivity (Wildman–Crippen MR) is 64.7 cm³/mol. The highest BCUT2D eigenvalue weighted by Gasteiger charge is 2.78. The second kappa shape index (κ2) is 3.89. The number of hydrogen-bond acceptors (Lipinski definition) is 6. The maximum Gasteiger partial charge on any atom is 0.463 e. The molecule has 0 amide bonds. The van der Waals surface area contributed by atoms with Crippen molar-refractivity contribution in [3.05, 3.63) is 20.2 Å². The zero-order valence-corrected chi connectivity index (χ0v) is 11.1. The topological polar surface area (TPSA) is 113 Å². The first kappa shape index (κ1) is 13.3. The molecule has 0 N–H and O–H groups in total. The number of nitrogens with zero attached hydrogens (tertiary/aromatic N) is 2. The minimum atomic E-state index is -2.10. The van der Waals surface area contributed by atoms with E-state index in [1.165, 1.54) is 7.11 Å². The fraction of sp³-hybridized carbons (Fsp3) is 0.917. The summed E-state index contributed by atoms with van der Waals surface area (Å²) in [6.07, 6.45) is 2.00. The molecule has 0 aromatic heterocycles. The summed E-state index contributed by atoms with van der Waals surface area (Å²) in [7, 11) is 1.30. The van der Waals surface area contributed by atoms with E-state index >= 15 is 0 Å². The number of ether oxygens (including phenoxy) is 1. The molecule has 0 saturated heterocycles. The molecule has 4 saturated carbocycles. The lowest BCUT2D eigenvalue weighted by Gasteiger charge is -2.55. The van der Waals surface area contributed by atoms with Crippen molar-refractivity contribution in [1.29, 1.82) is 0 Å². The Kier molecular flexibility index (Phi) is 2.58. The summed E-state index contributed by atoms with van der Waals surface area (Å²) in [6.45, 7) is 0. The maximum absolute atomic E-state index is 12.1. The van der Waals surface area contributed by atoms with E-state index < -0.39 is 32.8 Å². The summed E-state index contributed by atoms with van der Waals surface area (Å²) < 4.78 is 4.85. The van der Waals surface area contributed by atoms with Gasteiger partial charge in [-0.05, 0) is 38.0 Å². The minimum Gasteiger partial charge on any atom is -0.469 e. The summed E-state index contributed by atoms with van der Waals surface area (Å²) in [6, 6.07) is 0. The fourth-order valence-electron chi connectivity index (χ4n) is 5.09. The van der Waals surface area contributed by atoms with Gasteiger partial charge in [0.2, 0.25) is 0 Å². The Balaban J connectivity index is 2.05. The van der Waals surface area contributed by atoms with Crippen molar-refractivity contribution in [3.8, 4) is 0 Å². The molecule has 0 heterocycles. The van der Waals surface area contributed by atoms with E-state index in [9.17, 15) is 25.0 Å². The molecular formula is C12H16N2O6. The first-order valence-electron chi connectivity index (χ1n) is 6.74. The minimum absolute atomic E-state index is 0.166. The normalized spacial score (nSPS) is 40.4. The van der Waals surface area contributed by atoms with Crippen molar-refractivity contribution < 1.29 is 19.4 Å². The molecule has 0 radical (unpaired) electrons. The third-order valence-corrected chi connectivity index (χ3v) is 5.59. The Morgan fingerprint density at radius 1 is 1.10 bits per heavy atom. The van der Waals surface area contributed by atoms with Gasteiger partial charge in [0.05, 0.1) is 22.4 Å². The van der Waals surface area contributed by atoms with Crippen LogP contribution in [-0.4, -0.2) is 28.6 Å². The van der Waals surface area contributed by atoms with E-state index in [4.69, 9.17) is 4.74 Å². The molecule has 4 bridgehead atoms. The molecule has 0 aromatic carbocycles. The molecule has 2 unspecified atom stereocenters. The SMILES string of the molecule is COC(=O)C12CC3C[C@H](C1)C([N+](=O)[O-])([N+](=O)[O-])[C@@H](C3)C2. The molecule has 0 aromatic rings. The van der Waals surface area contributed by atoms with Gasteiger partial charge in [-0.15, -0.1) is 0 Å². The van der Waals surface area contributed by atoms with Crippen LogP contribution in [0.1, 0.15) is 32.1 Å². The number of hydrogen-bond donors (Lipinski definition) is 0. The lowest BCUT2D eigenvalue weighted by atomic mass is 9.46. The van der Waals surface area contributed by atoms with Gasteiger partial charge in [-0.3, -0.25) is 25.0 Å². The van der Waals surface area contributed by atoms with E-state index in [0.29, 0.717) is 19.3 Å². The molecule has 4 rings (SSSR count). The van der Waals surface area contributed by atoms with Crippen molar-refractivity contribution in [2.75, 3.05) is 7.11 Å². The van der Waals surface area contributed by atoms with Crippen molar-refractivity contribution in [2.45, 2.75) is 37.8 Å². The highest BCUT2D eigenvalue weighted by atomic mass is 16.7. The van der Waals surface area contributed by atoms with Crippen molar-refractivity contribution in [1.82, 2.24) is 0 Å². The average molecular weight is 284 g/mol.